The van der Waals surface area contributed by atoms with E-state index in [9.17, 15) is 4.79 Å². The molecule has 0 fully saturated rings. The van der Waals surface area contributed by atoms with E-state index in [1.807, 2.05) is 18.4 Å². The molecule has 5 nitrogen and oxygen atoms in total. The zero-order valence-corrected chi connectivity index (χ0v) is 11.0. The number of carboxylic acids is 1. The standard InChI is InChI=1S/C13H12N2O3S/c1-19-9-4-2-8(3-5-9)18-12-6-10(13(16)17)11(14)7-15-12/h2-7H,14H2,1H3,(H,16,17). The Morgan fingerprint density at radius 1 is 1.37 bits per heavy atom. The molecule has 0 aliphatic heterocycles. The lowest BCUT2D eigenvalue weighted by Gasteiger charge is -2.07. The maximum atomic E-state index is 10.9. The maximum Gasteiger partial charge on any atom is 0.338 e. The molecule has 6 heteroatoms. The number of hydrogen-bond acceptors (Lipinski definition) is 5. The average Bonchev–Trinajstić information content (AvgIpc) is 2.41. The molecule has 19 heavy (non-hydrogen) atoms. The third-order valence-electron chi connectivity index (χ3n) is 2.42. The molecule has 0 amide bonds. The van der Waals surface area contributed by atoms with Crippen molar-refractivity contribution >= 4 is 23.4 Å². The van der Waals surface area contributed by atoms with Crippen LogP contribution in [-0.4, -0.2) is 22.3 Å². The smallest absolute Gasteiger partial charge is 0.338 e. The van der Waals surface area contributed by atoms with Crippen molar-refractivity contribution in [2.75, 3.05) is 12.0 Å². The van der Waals surface area contributed by atoms with Crippen LogP contribution in [0.2, 0.25) is 0 Å². The summed E-state index contributed by atoms with van der Waals surface area (Å²) in [7, 11) is 0. The normalized spacial score (nSPS) is 10.2. The largest absolute Gasteiger partial charge is 0.478 e. The SMILES string of the molecule is CSc1ccc(Oc2cc(C(=O)O)c(N)cn2)cc1. The zero-order chi connectivity index (χ0) is 13.8. The van der Waals surface area contributed by atoms with Gasteiger partial charge < -0.3 is 15.6 Å². The van der Waals surface area contributed by atoms with Crippen LogP contribution in [0.4, 0.5) is 5.69 Å². The molecule has 0 unspecified atom stereocenters. The molecule has 0 aliphatic rings. The summed E-state index contributed by atoms with van der Waals surface area (Å²) in [6, 6.07) is 8.72. The molecule has 2 aromatic rings. The Morgan fingerprint density at radius 3 is 2.63 bits per heavy atom. The van der Waals surface area contributed by atoms with Gasteiger partial charge in [-0.2, -0.15) is 0 Å². The van der Waals surface area contributed by atoms with Crippen LogP contribution in [0.3, 0.4) is 0 Å². The highest BCUT2D eigenvalue weighted by Gasteiger charge is 2.10. The van der Waals surface area contributed by atoms with Crippen LogP contribution in [0.5, 0.6) is 11.6 Å². The van der Waals surface area contributed by atoms with Crippen molar-refractivity contribution in [3.05, 3.63) is 42.1 Å². The lowest BCUT2D eigenvalue weighted by Crippen LogP contribution is -2.03. The summed E-state index contributed by atoms with van der Waals surface area (Å²) in [4.78, 5) is 16.0. The van der Waals surface area contributed by atoms with E-state index < -0.39 is 5.97 Å². The Bertz CT molecular complexity index is 599. The first-order valence-corrected chi connectivity index (χ1v) is 6.63. The summed E-state index contributed by atoms with van der Waals surface area (Å²) >= 11 is 1.63. The van der Waals surface area contributed by atoms with Crippen LogP contribution in [0.1, 0.15) is 10.4 Å². The number of thioether (sulfide) groups is 1. The predicted octanol–water partition coefficient (Wildman–Crippen LogP) is 2.88. The van der Waals surface area contributed by atoms with Gasteiger partial charge in [0.05, 0.1) is 17.4 Å². The lowest BCUT2D eigenvalue weighted by atomic mass is 10.2. The first kappa shape index (κ1) is 13.2. The van der Waals surface area contributed by atoms with Crippen molar-refractivity contribution in [2.45, 2.75) is 4.90 Å². The Kier molecular flexibility index (Phi) is 3.91. The number of aromatic carboxylic acids is 1. The van der Waals surface area contributed by atoms with Crippen molar-refractivity contribution < 1.29 is 14.6 Å². The third kappa shape index (κ3) is 3.17. The number of hydrogen-bond donors (Lipinski definition) is 2. The molecule has 0 saturated carbocycles. The quantitative estimate of drug-likeness (QED) is 0.835. The van der Waals surface area contributed by atoms with E-state index in [0.717, 1.165) is 4.90 Å². The molecule has 0 saturated heterocycles. The molecule has 1 heterocycles. The molecule has 1 aromatic carbocycles. The molecule has 0 aliphatic carbocycles. The van der Waals surface area contributed by atoms with Gasteiger partial charge in [-0.3, -0.25) is 0 Å². The van der Waals surface area contributed by atoms with Gasteiger partial charge >= 0.3 is 5.97 Å². The van der Waals surface area contributed by atoms with E-state index in [2.05, 4.69) is 4.98 Å². The number of ether oxygens (including phenoxy) is 1. The van der Waals surface area contributed by atoms with Crippen molar-refractivity contribution in [1.82, 2.24) is 4.98 Å². The van der Waals surface area contributed by atoms with Crippen LogP contribution >= 0.6 is 11.8 Å². The highest BCUT2D eigenvalue weighted by molar-refractivity contribution is 7.98. The summed E-state index contributed by atoms with van der Waals surface area (Å²) in [5, 5.41) is 8.96. The molecule has 0 atom stereocenters. The molecule has 1 aromatic heterocycles. The van der Waals surface area contributed by atoms with Crippen molar-refractivity contribution in [3.8, 4) is 11.6 Å². The summed E-state index contributed by atoms with van der Waals surface area (Å²) in [6.45, 7) is 0. The maximum absolute atomic E-state index is 10.9. The number of nitrogen functional groups attached to an aromatic ring is 1. The minimum Gasteiger partial charge on any atom is -0.478 e. The summed E-state index contributed by atoms with van der Waals surface area (Å²) in [5.74, 6) is -0.322. The number of carboxylic acid groups (broad SMARTS) is 1. The van der Waals surface area contributed by atoms with Gasteiger partial charge in [0.1, 0.15) is 5.75 Å². The Hall–Kier alpha value is -2.21. The fourth-order valence-electron chi connectivity index (χ4n) is 1.45. The highest BCUT2D eigenvalue weighted by Crippen LogP contribution is 2.24. The minimum absolute atomic E-state index is 0.0225. The monoisotopic (exact) mass is 276 g/mol. The van der Waals surface area contributed by atoms with E-state index >= 15 is 0 Å². The summed E-state index contributed by atoms with van der Waals surface area (Å²) < 4.78 is 5.48. The van der Waals surface area contributed by atoms with Gasteiger partial charge in [0.25, 0.3) is 0 Å². The number of nitrogens with two attached hydrogens (primary N) is 1. The fraction of sp³-hybridized carbons (Fsp3) is 0.0769. The Balaban J connectivity index is 2.22. The van der Waals surface area contributed by atoms with Crippen LogP contribution in [0, 0.1) is 0 Å². The number of anilines is 1. The van der Waals surface area contributed by atoms with Gasteiger partial charge in [-0.15, -0.1) is 11.8 Å². The summed E-state index contributed by atoms with van der Waals surface area (Å²) in [6.07, 6.45) is 3.26. The van der Waals surface area contributed by atoms with Gasteiger partial charge in [0.2, 0.25) is 5.88 Å². The molecular weight excluding hydrogens is 264 g/mol. The number of benzene rings is 1. The van der Waals surface area contributed by atoms with E-state index in [0.29, 0.717) is 5.75 Å². The van der Waals surface area contributed by atoms with Crippen LogP contribution < -0.4 is 10.5 Å². The topological polar surface area (TPSA) is 85.4 Å². The molecule has 0 spiro atoms. The fourth-order valence-corrected chi connectivity index (χ4v) is 1.86. The van der Waals surface area contributed by atoms with Gasteiger partial charge in [-0.05, 0) is 30.5 Å². The lowest BCUT2D eigenvalue weighted by molar-refractivity contribution is 0.0697. The molecule has 98 valence electrons. The number of nitrogens with zero attached hydrogens (tertiary/aromatic N) is 1. The van der Waals surface area contributed by atoms with E-state index in [1.54, 1.807) is 23.9 Å². The number of carbonyl (C=O) groups is 1. The highest BCUT2D eigenvalue weighted by atomic mass is 32.2. The van der Waals surface area contributed by atoms with Crippen LogP contribution in [0.15, 0.2) is 41.4 Å². The summed E-state index contributed by atoms with van der Waals surface area (Å²) in [5.41, 5.74) is 5.61. The Labute approximate surface area is 114 Å². The first-order chi connectivity index (χ1) is 9.10. The Morgan fingerprint density at radius 2 is 2.05 bits per heavy atom. The van der Waals surface area contributed by atoms with Gasteiger partial charge in [0, 0.05) is 11.0 Å². The number of pyridine rings is 1. The average molecular weight is 276 g/mol. The predicted molar refractivity (Wildman–Crippen MR) is 73.9 cm³/mol. The zero-order valence-electron chi connectivity index (χ0n) is 10.2. The number of rotatable bonds is 4. The molecule has 2 rings (SSSR count). The van der Waals surface area contributed by atoms with Gasteiger partial charge in [-0.1, -0.05) is 0 Å². The second kappa shape index (κ2) is 5.62. The van der Waals surface area contributed by atoms with Crippen molar-refractivity contribution in [1.29, 1.82) is 0 Å². The van der Waals surface area contributed by atoms with E-state index in [-0.39, 0.29) is 17.1 Å². The van der Waals surface area contributed by atoms with E-state index in [4.69, 9.17) is 15.6 Å². The van der Waals surface area contributed by atoms with Crippen LogP contribution in [0.25, 0.3) is 0 Å². The van der Waals surface area contributed by atoms with Crippen molar-refractivity contribution in [2.24, 2.45) is 0 Å². The van der Waals surface area contributed by atoms with E-state index in [1.165, 1.54) is 12.3 Å². The number of aromatic nitrogens is 1. The molecule has 0 bridgehead atoms. The van der Waals surface area contributed by atoms with Crippen molar-refractivity contribution in [3.63, 3.8) is 0 Å². The van der Waals surface area contributed by atoms with Crippen LogP contribution in [-0.2, 0) is 0 Å². The third-order valence-corrected chi connectivity index (χ3v) is 3.17. The molecule has 0 radical (unpaired) electrons. The molecular formula is C13H12N2O3S. The minimum atomic E-state index is -1.11. The first-order valence-electron chi connectivity index (χ1n) is 5.41. The van der Waals surface area contributed by atoms with Gasteiger partial charge in [0.15, 0.2) is 0 Å². The molecule has 3 N–H and O–H groups in total. The second-order valence-corrected chi connectivity index (χ2v) is 4.57. The second-order valence-electron chi connectivity index (χ2n) is 3.69. The van der Waals surface area contributed by atoms with Gasteiger partial charge in [-0.25, -0.2) is 9.78 Å².